The van der Waals surface area contributed by atoms with Crippen LogP contribution in [0.4, 0.5) is 58.4 Å². The molecule has 0 unspecified atom stereocenters. The first kappa shape index (κ1) is 54.3. The van der Waals surface area contributed by atoms with Crippen LogP contribution in [-0.2, 0) is 20.2 Å². The summed E-state index contributed by atoms with van der Waals surface area (Å²) in [6.45, 7) is -0.886. The third kappa shape index (κ3) is 15.7. The molecule has 0 bridgehead atoms. The molecule has 22 nitrogen and oxygen atoms in total. The van der Waals surface area contributed by atoms with Gasteiger partial charge in [0, 0.05) is 48.9 Å². The van der Waals surface area contributed by atoms with Crippen molar-refractivity contribution in [3.05, 3.63) is 108 Å². The molecule has 0 aliphatic carbocycles. The quantitative estimate of drug-likeness (QED) is 0.0187. The molecule has 26 heteroatoms. The van der Waals surface area contributed by atoms with Crippen molar-refractivity contribution < 1.29 is 127 Å². The molecule has 0 saturated heterocycles. The minimum Gasteiger partial charge on any atom is -0.744 e. The monoisotopic (exact) mass is 976 g/mol. The number of nitrogens with zero attached hydrogens (tertiary/aromatic N) is 8. The van der Waals surface area contributed by atoms with E-state index in [0.717, 1.165) is 24.3 Å². The number of aliphatic hydroxyl groups excluding tert-OH is 4. The van der Waals surface area contributed by atoms with Gasteiger partial charge in [0.05, 0.1) is 36.2 Å². The van der Waals surface area contributed by atoms with Gasteiger partial charge in [0.15, 0.2) is 0 Å². The van der Waals surface area contributed by atoms with Gasteiger partial charge in [-0.2, -0.15) is 29.9 Å². The summed E-state index contributed by atoms with van der Waals surface area (Å²) < 4.78 is 75.6. The summed E-state index contributed by atoms with van der Waals surface area (Å²) in [6.07, 6.45) is 2.32. The molecule has 2 aromatic heterocycles. The summed E-state index contributed by atoms with van der Waals surface area (Å²) in [5.41, 5.74) is 1.07. The van der Waals surface area contributed by atoms with Crippen molar-refractivity contribution in [1.82, 2.24) is 29.9 Å². The summed E-state index contributed by atoms with van der Waals surface area (Å²) in [5, 5.41) is 50.3. The standard InChI is InChI=1S/C40H44N12O10S2.K.Na/c53-21-17-51(18-22-54)39-47-35(41-29-7-3-1-4-8-29)45-37(49-39)43-31-15-13-27(33(25-31)63(57,58)59)11-12-28-14-16-32(26-34(28)64(60,61)62)44-38-46-36(42-30-9-5-2-6-10-30)48-40(50-38)52(19-23-55)20-24-56;;/h1-16,25-26,53-56H,17-24H2,(H,57,58,59)(H,60,61,62)(H2,41,43,45,47,49)(H2,42,44,46,48,50);;/q;2*+1/p-2/b12-11+;;. The number of hydrogen-bond acceptors (Lipinski definition) is 22. The topological polar surface area (TPSA) is 327 Å². The third-order valence-corrected chi connectivity index (χ3v) is 10.7. The summed E-state index contributed by atoms with van der Waals surface area (Å²) in [6, 6.07) is 25.2. The van der Waals surface area contributed by atoms with Gasteiger partial charge in [-0.15, -0.1) is 0 Å². The van der Waals surface area contributed by atoms with E-state index in [0.29, 0.717) is 11.4 Å². The zero-order valence-electron chi connectivity index (χ0n) is 35.7. The second-order valence-corrected chi connectivity index (χ2v) is 16.1. The fourth-order valence-electron chi connectivity index (χ4n) is 6.01. The van der Waals surface area contributed by atoms with Crippen LogP contribution in [0.5, 0.6) is 0 Å². The van der Waals surface area contributed by atoms with E-state index in [9.17, 15) is 46.4 Å². The number of aliphatic hydroxyl groups is 4. The number of aromatic nitrogens is 6. The summed E-state index contributed by atoms with van der Waals surface area (Å²) in [4.78, 5) is 27.9. The zero-order valence-corrected chi connectivity index (χ0v) is 42.4. The first-order valence-electron chi connectivity index (χ1n) is 19.3. The second kappa shape index (κ2) is 25.8. The largest absolute Gasteiger partial charge is 1.00 e. The molecule has 66 heavy (non-hydrogen) atoms. The Morgan fingerprint density at radius 1 is 0.470 bits per heavy atom. The molecule has 0 aliphatic rings. The maximum Gasteiger partial charge on any atom is 1.00 e. The van der Waals surface area contributed by atoms with Crippen LogP contribution in [0.25, 0.3) is 12.2 Å². The summed E-state index contributed by atoms with van der Waals surface area (Å²) in [5.74, 6) is 0.0621. The minimum atomic E-state index is -5.17. The molecule has 0 fully saturated rings. The average molecular weight is 977 g/mol. The van der Waals surface area contributed by atoms with Crippen LogP contribution in [0.2, 0.25) is 0 Å². The molecule has 0 atom stereocenters. The van der Waals surface area contributed by atoms with Gasteiger partial charge in [-0.25, -0.2) is 16.8 Å². The van der Waals surface area contributed by atoms with Crippen LogP contribution in [0.1, 0.15) is 11.1 Å². The van der Waals surface area contributed by atoms with Crippen molar-refractivity contribution in [2.24, 2.45) is 0 Å². The Balaban J connectivity index is 0.00000476. The molecular formula is C40H42KN12NaO10S2. The Bertz CT molecular complexity index is 2590. The van der Waals surface area contributed by atoms with Crippen LogP contribution < -0.4 is 112 Å². The van der Waals surface area contributed by atoms with E-state index in [1.165, 1.54) is 34.1 Å². The van der Waals surface area contributed by atoms with Crippen LogP contribution in [0.3, 0.4) is 0 Å². The zero-order chi connectivity index (χ0) is 45.7. The Morgan fingerprint density at radius 2 is 0.773 bits per heavy atom. The minimum absolute atomic E-state index is 0. The Hall–Kier alpha value is -4.26. The van der Waals surface area contributed by atoms with Crippen molar-refractivity contribution in [3.8, 4) is 0 Å². The molecule has 2 heterocycles. The molecule has 0 spiro atoms. The fraction of sp³-hybridized carbons (Fsp3) is 0.200. The summed E-state index contributed by atoms with van der Waals surface area (Å²) in [7, 11) is -10.3. The van der Waals surface area contributed by atoms with Crippen LogP contribution in [-0.4, -0.2) is 129 Å². The van der Waals surface area contributed by atoms with Gasteiger partial charge in [-0.3, -0.25) is 0 Å². The van der Waals surface area contributed by atoms with Crippen molar-refractivity contribution in [1.29, 1.82) is 0 Å². The van der Waals surface area contributed by atoms with Gasteiger partial charge in [0.25, 0.3) is 0 Å². The molecular weight excluding hydrogens is 935 g/mol. The average Bonchev–Trinajstić information content (AvgIpc) is 3.26. The Kier molecular flexibility index (Phi) is 21.2. The second-order valence-electron chi connectivity index (χ2n) is 13.4. The SMILES string of the molecule is O=S(=O)([O-])c1cc(Nc2nc(Nc3ccccc3)nc(N(CCO)CCO)n2)ccc1/C=C/c1ccc(Nc2nc(Nc3ccccc3)nc(N(CCO)CCO)n2)cc1S(=O)(=O)[O-].[K+].[Na+]. The first-order valence-corrected chi connectivity index (χ1v) is 22.1. The van der Waals surface area contributed by atoms with E-state index in [2.05, 4.69) is 51.2 Å². The van der Waals surface area contributed by atoms with Gasteiger partial charge in [0.2, 0.25) is 35.7 Å². The van der Waals surface area contributed by atoms with E-state index in [4.69, 9.17) is 0 Å². The number of rotatable bonds is 22. The number of para-hydroxylation sites is 2. The predicted molar refractivity (Wildman–Crippen MR) is 236 cm³/mol. The van der Waals surface area contributed by atoms with E-state index in [1.807, 2.05) is 12.1 Å². The molecule has 0 radical (unpaired) electrons. The fourth-order valence-corrected chi connectivity index (χ4v) is 7.41. The Labute approximate surface area is 444 Å². The summed E-state index contributed by atoms with van der Waals surface area (Å²) >= 11 is 0. The van der Waals surface area contributed by atoms with E-state index in [1.54, 1.807) is 48.5 Å². The van der Waals surface area contributed by atoms with Gasteiger partial charge >= 0.3 is 80.9 Å². The molecule has 6 aromatic rings. The van der Waals surface area contributed by atoms with Crippen LogP contribution in [0, 0.1) is 0 Å². The van der Waals surface area contributed by atoms with Crippen LogP contribution >= 0.6 is 0 Å². The molecule has 0 saturated carbocycles. The van der Waals surface area contributed by atoms with Gasteiger partial charge < -0.3 is 60.6 Å². The number of hydrogen-bond donors (Lipinski definition) is 8. The predicted octanol–water partition coefficient (Wildman–Crippen LogP) is -3.40. The van der Waals surface area contributed by atoms with E-state index < -0.39 is 30.0 Å². The normalized spacial score (nSPS) is 11.3. The smallest absolute Gasteiger partial charge is 0.744 e. The molecule has 6 rings (SSSR count). The molecule has 8 N–H and O–H groups in total. The van der Waals surface area contributed by atoms with Gasteiger partial charge in [-0.1, -0.05) is 60.7 Å². The Morgan fingerprint density at radius 3 is 1.06 bits per heavy atom. The molecule has 0 amide bonds. The van der Waals surface area contributed by atoms with Gasteiger partial charge in [0.1, 0.15) is 20.2 Å². The first-order chi connectivity index (χ1) is 30.8. The van der Waals surface area contributed by atoms with Crippen LogP contribution in [0.15, 0.2) is 107 Å². The van der Waals surface area contributed by atoms with Crippen molar-refractivity contribution in [2.75, 3.05) is 83.7 Å². The maximum atomic E-state index is 12.6. The molecule has 336 valence electrons. The molecule has 0 aliphatic heterocycles. The van der Waals surface area contributed by atoms with Gasteiger partial charge in [-0.05, 0) is 59.7 Å². The maximum absolute atomic E-state index is 12.6. The number of nitrogens with one attached hydrogen (secondary N) is 4. The van der Waals surface area contributed by atoms with Crippen molar-refractivity contribution >= 4 is 90.8 Å². The number of benzene rings is 4. The van der Waals surface area contributed by atoms with E-state index >= 15 is 0 Å². The third-order valence-electron chi connectivity index (χ3n) is 8.87. The van der Waals surface area contributed by atoms with Crippen molar-refractivity contribution in [3.63, 3.8) is 0 Å². The molecule has 4 aromatic carbocycles. The van der Waals surface area contributed by atoms with Crippen molar-refractivity contribution in [2.45, 2.75) is 9.79 Å². The van der Waals surface area contributed by atoms with E-state index in [-0.39, 0.29) is 192 Å². The number of anilines is 10.